The van der Waals surface area contributed by atoms with E-state index in [1.807, 2.05) is 31.2 Å². The Balaban J connectivity index is 1.78. The Morgan fingerprint density at radius 1 is 1.24 bits per heavy atom. The molecule has 0 saturated heterocycles. The first kappa shape index (κ1) is 17.5. The number of hydrogen-bond donors (Lipinski definition) is 1. The van der Waals surface area contributed by atoms with Gasteiger partial charge in [0, 0.05) is 10.4 Å². The molecule has 0 bridgehead atoms. The number of halogens is 1. The maximum absolute atomic E-state index is 12.6. The number of methoxy groups -OCH3 is 1. The van der Waals surface area contributed by atoms with Gasteiger partial charge >= 0.3 is 0 Å². The predicted octanol–water partition coefficient (Wildman–Crippen LogP) is 4.41. The highest BCUT2D eigenvalue weighted by molar-refractivity contribution is 8.00. The lowest BCUT2D eigenvalue weighted by Gasteiger charge is -2.14. The van der Waals surface area contributed by atoms with Gasteiger partial charge in [-0.15, -0.1) is 0 Å². The van der Waals surface area contributed by atoms with Crippen LogP contribution in [0, 0.1) is 0 Å². The monoisotopic (exact) mass is 373 g/mol. The number of carbonyl (C=O) groups excluding carboxylic acids is 1. The van der Waals surface area contributed by atoms with Gasteiger partial charge in [0.25, 0.3) is 0 Å². The van der Waals surface area contributed by atoms with Gasteiger partial charge in [-0.05, 0) is 31.2 Å². The Hall–Kier alpha value is -2.31. The quantitative estimate of drug-likeness (QED) is 0.530. The molecule has 1 aromatic heterocycles. The van der Waals surface area contributed by atoms with E-state index in [0.717, 1.165) is 15.9 Å². The van der Waals surface area contributed by atoms with Crippen molar-refractivity contribution in [3.8, 4) is 5.75 Å². The normalized spacial score (nSPS) is 12.0. The summed E-state index contributed by atoms with van der Waals surface area (Å²) in [7, 11) is 1.55. The predicted molar refractivity (Wildman–Crippen MR) is 101 cm³/mol. The van der Waals surface area contributed by atoms with Gasteiger partial charge in [0.1, 0.15) is 17.1 Å². The van der Waals surface area contributed by atoms with Crippen LogP contribution in [0.5, 0.6) is 5.75 Å². The number of nitrogens with one attached hydrogen (secondary N) is 1. The molecule has 3 rings (SSSR count). The van der Waals surface area contributed by atoms with Crippen LogP contribution in [0.25, 0.3) is 10.9 Å². The number of benzene rings is 2. The molecule has 2 aromatic carbocycles. The minimum absolute atomic E-state index is 0.159. The lowest BCUT2D eigenvalue weighted by molar-refractivity contribution is -0.115. The zero-order valence-electron chi connectivity index (χ0n) is 13.7. The minimum atomic E-state index is -0.359. The topological polar surface area (TPSA) is 64.1 Å². The van der Waals surface area contributed by atoms with Gasteiger partial charge in [-0.2, -0.15) is 0 Å². The number of thioether (sulfide) groups is 1. The van der Waals surface area contributed by atoms with Crippen molar-refractivity contribution in [2.75, 3.05) is 12.4 Å². The van der Waals surface area contributed by atoms with Gasteiger partial charge < -0.3 is 10.1 Å². The first-order valence-electron chi connectivity index (χ1n) is 7.59. The van der Waals surface area contributed by atoms with E-state index in [1.54, 1.807) is 25.3 Å². The highest BCUT2D eigenvalue weighted by Crippen LogP contribution is 2.31. The largest absolute Gasteiger partial charge is 0.495 e. The average Bonchev–Trinajstić information content (AvgIpc) is 2.62. The maximum Gasteiger partial charge on any atom is 0.237 e. The van der Waals surface area contributed by atoms with Gasteiger partial charge in [0.15, 0.2) is 0 Å². The zero-order chi connectivity index (χ0) is 17.8. The van der Waals surface area contributed by atoms with Gasteiger partial charge in [-0.25, -0.2) is 9.97 Å². The number of nitrogens with zero attached hydrogens (tertiary/aromatic N) is 2. The van der Waals surface area contributed by atoms with Crippen LogP contribution in [-0.4, -0.2) is 28.2 Å². The van der Waals surface area contributed by atoms with Crippen molar-refractivity contribution < 1.29 is 9.53 Å². The van der Waals surface area contributed by atoms with Gasteiger partial charge in [-0.3, -0.25) is 4.79 Å². The molecule has 0 aliphatic carbocycles. The standard InChI is InChI=1S/C18H16ClN3O2S/c1-11(17(23)22-15-9-12(19)7-8-16(15)24-2)25-18-13-5-3-4-6-14(13)20-10-21-18/h3-11H,1-2H3,(H,22,23)/t11-/m0/s1. The third-order valence-corrected chi connectivity index (χ3v) is 4.93. The molecule has 0 fully saturated rings. The number of anilines is 1. The smallest absolute Gasteiger partial charge is 0.237 e. The molecule has 1 amide bonds. The van der Waals surface area contributed by atoms with Crippen LogP contribution < -0.4 is 10.1 Å². The van der Waals surface area contributed by atoms with E-state index in [2.05, 4.69) is 15.3 Å². The molecular weight excluding hydrogens is 358 g/mol. The van der Waals surface area contributed by atoms with E-state index >= 15 is 0 Å². The molecule has 128 valence electrons. The first-order chi connectivity index (χ1) is 12.1. The second-order valence-corrected chi connectivity index (χ2v) is 7.06. The fourth-order valence-corrected chi connectivity index (χ4v) is 3.39. The summed E-state index contributed by atoms with van der Waals surface area (Å²) in [5.41, 5.74) is 1.39. The number of hydrogen-bond acceptors (Lipinski definition) is 5. The summed E-state index contributed by atoms with van der Waals surface area (Å²) in [6.07, 6.45) is 1.51. The number of para-hydroxylation sites is 1. The minimum Gasteiger partial charge on any atom is -0.495 e. The Kier molecular flexibility index (Phi) is 5.40. The molecule has 1 N–H and O–H groups in total. The maximum atomic E-state index is 12.6. The number of aromatic nitrogens is 2. The van der Waals surface area contributed by atoms with E-state index in [1.165, 1.54) is 18.1 Å². The average molecular weight is 374 g/mol. The Morgan fingerprint density at radius 2 is 2.04 bits per heavy atom. The Bertz CT molecular complexity index is 914. The highest BCUT2D eigenvalue weighted by atomic mass is 35.5. The molecule has 0 radical (unpaired) electrons. The van der Waals surface area contributed by atoms with E-state index in [0.29, 0.717) is 16.5 Å². The fraction of sp³-hybridized carbons (Fsp3) is 0.167. The summed E-state index contributed by atoms with van der Waals surface area (Å²) >= 11 is 7.38. The van der Waals surface area contributed by atoms with Crippen molar-refractivity contribution in [2.24, 2.45) is 0 Å². The summed E-state index contributed by atoms with van der Waals surface area (Å²) in [4.78, 5) is 21.1. The second-order valence-electron chi connectivity index (χ2n) is 5.29. The van der Waals surface area contributed by atoms with Crippen LogP contribution in [-0.2, 0) is 4.79 Å². The fourth-order valence-electron chi connectivity index (χ4n) is 2.31. The molecule has 0 saturated carbocycles. The molecule has 5 nitrogen and oxygen atoms in total. The molecule has 3 aromatic rings. The Morgan fingerprint density at radius 3 is 2.84 bits per heavy atom. The SMILES string of the molecule is COc1ccc(Cl)cc1NC(=O)[C@H](C)Sc1ncnc2ccccc12. The van der Waals surface area contributed by atoms with Crippen LogP contribution in [0.4, 0.5) is 5.69 Å². The summed E-state index contributed by atoms with van der Waals surface area (Å²) in [5, 5.41) is 4.72. The zero-order valence-corrected chi connectivity index (χ0v) is 15.3. The van der Waals surface area contributed by atoms with E-state index < -0.39 is 0 Å². The van der Waals surface area contributed by atoms with Crippen molar-refractivity contribution in [3.63, 3.8) is 0 Å². The molecule has 1 heterocycles. The summed E-state index contributed by atoms with van der Waals surface area (Å²) < 4.78 is 5.26. The number of carbonyl (C=O) groups is 1. The third-order valence-electron chi connectivity index (χ3n) is 3.58. The summed E-state index contributed by atoms with van der Waals surface area (Å²) in [5.74, 6) is 0.399. The number of rotatable bonds is 5. The van der Waals surface area contributed by atoms with Crippen LogP contribution in [0.2, 0.25) is 5.02 Å². The van der Waals surface area contributed by atoms with Crippen molar-refractivity contribution in [1.82, 2.24) is 9.97 Å². The first-order valence-corrected chi connectivity index (χ1v) is 8.85. The van der Waals surface area contributed by atoms with Crippen LogP contribution in [0.1, 0.15) is 6.92 Å². The van der Waals surface area contributed by atoms with E-state index in [-0.39, 0.29) is 11.2 Å². The molecule has 0 aliphatic rings. The third kappa shape index (κ3) is 4.03. The molecule has 0 spiro atoms. The summed E-state index contributed by atoms with van der Waals surface area (Å²) in [6, 6.07) is 12.8. The molecular formula is C18H16ClN3O2S. The molecule has 0 unspecified atom stereocenters. The van der Waals surface area contributed by atoms with Gasteiger partial charge in [0.05, 0.1) is 23.6 Å². The molecule has 1 atom stereocenters. The number of amides is 1. The second kappa shape index (κ2) is 7.72. The molecule has 0 aliphatic heterocycles. The summed E-state index contributed by atoms with van der Waals surface area (Å²) in [6.45, 7) is 1.83. The number of ether oxygens (including phenoxy) is 1. The van der Waals surface area contributed by atoms with Crippen LogP contribution >= 0.6 is 23.4 Å². The van der Waals surface area contributed by atoms with Crippen molar-refractivity contribution in [3.05, 3.63) is 53.8 Å². The lowest BCUT2D eigenvalue weighted by atomic mass is 10.2. The van der Waals surface area contributed by atoms with Crippen molar-refractivity contribution in [1.29, 1.82) is 0 Å². The van der Waals surface area contributed by atoms with Crippen LogP contribution in [0.3, 0.4) is 0 Å². The van der Waals surface area contributed by atoms with E-state index in [4.69, 9.17) is 16.3 Å². The molecule has 25 heavy (non-hydrogen) atoms. The van der Waals surface area contributed by atoms with Gasteiger partial charge in [0.2, 0.25) is 5.91 Å². The van der Waals surface area contributed by atoms with Crippen LogP contribution in [0.15, 0.2) is 53.8 Å². The van der Waals surface area contributed by atoms with Crippen molar-refractivity contribution in [2.45, 2.75) is 17.2 Å². The van der Waals surface area contributed by atoms with Gasteiger partial charge in [-0.1, -0.05) is 41.6 Å². The molecule has 7 heteroatoms. The van der Waals surface area contributed by atoms with E-state index in [9.17, 15) is 4.79 Å². The van der Waals surface area contributed by atoms with Crippen molar-refractivity contribution >= 4 is 45.9 Å². The lowest BCUT2D eigenvalue weighted by Crippen LogP contribution is -2.22. The number of fused-ring (bicyclic) bond motifs is 1. The highest BCUT2D eigenvalue weighted by Gasteiger charge is 2.18. The Labute approximate surface area is 154 Å².